The van der Waals surface area contributed by atoms with Crippen LogP contribution in [0.3, 0.4) is 0 Å². The molecule has 0 radical (unpaired) electrons. The SMILES string of the molecule is CCCCC[C@H]1CC[C@H](CCC2CC=C(CCc3ccc(OCCC)cc3)CC2)CC1. The first-order chi connectivity index (χ1) is 15.3. The summed E-state index contributed by atoms with van der Waals surface area (Å²) in [6, 6.07) is 8.76. The van der Waals surface area contributed by atoms with Crippen molar-refractivity contribution in [2.24, 2.45) is 17.8 Å². The molecule has 31 heavy (non-hydrogen) atoms. The molecule has 3 rings (SSSR count). The molecule has 2 aliphatic rings. The zero-order valence-corrected chi connectivity index (χ0v) is 20.5. The predicted octanol–water partition coefficient (Wildman–Crippen LogP) is 9.30. The monoisotopic (exact) mass is 424 g/mol. The average Bonchev–Trinajstić information content (AvgIpc) is 2.82. The van der Waals surface area contributed by atoms with Crippen molar-refractivity contribution in [1.29, 1.82) is 0 Å². The first-order valence-electron chi connectivity index (χ1n) is 13.7. The smallest absolute Gasteiger partial charge is 0.119 e. The number of rotatable bonds is 13. The summed E-state index contributed by atoms with van der Waals surface area (Å²) in [7, 11) is 0. The molecule has 0 spiro atoms. The van der Waals surface area contributed by atoms with Crippen LogP contribution in [0.5, 0.6) is 5.75 Å². The molecule has 1 unspecified atom stereocenters. The number of hydrogen-bond donors (Lipinski definition) is 0. The largest absolute Gasteiger partial charge is 0.494 e. The molecular weight excluding hydrogens is 376 g/mol. The molecule has 0 heterocycles. The second kappa shape index (κ2) is 14.0. The molecule has 1 atom stereocenters. The van der Waals surface area contributed by atoms with E-state index in [9.17, 15) is 0 Å². The number of allylic oxidation sites excluding steroid dienone is 2. The first-order valence-corrected chi connectivity index (χ1v) is 13.7. The van der Waals surface area contributed by atoms with Gasteiger partial charge in [-0.2, -0.15) is 0 Å². The van der Waals surface area contributed by atoms with E-state index >= 15 is 0 Å². The molecule has 0 aliphatic heterocycles. The molecule has 1 heteroatoms. The van der Waals surface area contributed by atoms with Crippen molar-refractivity contribution >= 4 is 0 Å². The molecule has 0 aromatic heterocycles. The molecular formula is C30H48O. The van der Waals surface area contributed by atoms with Gasteiger partial charge < -0.3 is 4.74 Å². The number of unbranched alkanes of at least 4 members (excludes halogenated alkanes) is 2. The Morgan fingerprint density at radius 3 is 2.10 bits per heavy atom. The Bertz CT molecular complexity index is 620. The van der Waals surface area contributed by atoms with Crippen molar-refractivity contribution in [2.75, 3.05) is 6.61 Å². The van der Waals surface area contributed by atoms with Gasteiger partial charge in [0.2, 0.25) is 0 Å². The number of ether oxygens (including phenoxy) is 1. The highest BCUT2D eigenvalue weighted by Crippen LogP contribution is 2.37. The lowest BCUT2D eigenvalue weighted by molar-refractivity contribution is 0.234. The zero-order valence-electron chi connectivity index (χ0n) is 20.5. The average molecular weight is 425 g/mol. The Morgan fingerprint density at radius 1 is 0.742 bits per heavy atom. The quantitative estimate of drug-likeness (QED) is 0.226. The van der Waals surface area contributed by atoms with E-state index in [2.05, 4.69) is 44.2 Å². The van der Waals surface area contributed by atoms with E-state index < -0.39 is 0 Å². The third-order valence-corrected chi connectivity index (χ3v) is 7.91. The maximum atomic E-state index is 5.70. The standard InChI is InChI=1S/C30H48O/c1-3-5-6-7-25-8-10-26(11-9-25)12-13-27-14-16-28(17-15-27)18-19-29-20-22-30(23-21-29)31-24-4-2/h16,20-23,25-27H,3-15,17-19,24H2,1-2H3/t25-,26-,27?. The summed E-state index contributed by atoms with van der Waals surface area (Å²) >= 11 is 0. The first kappa shape index (κ1) is 24.4. The third kappa shape index (κ3) is 9.03. The van der Waals surface area contributed by atoms with Gasteiger partial charge in [-0.3, -0.25) is 0 Å². The fraction of sp³-hybridized carbons (Fsp3) is 0.733. The van der Waals surface area contributed by atoms with E-state index in [1.54, 1.807) is 5.57 Å². The van der Waals surface area contributed by atoms with Crippen molar-refractivity contribution in [3.05, 3.63) is 41.5 Å². The lowest BCUT2D eigenvalue weighted by atomic mass is 9.76. The summed E-state index contributed by atoms with van der Waals surface area (Å²) in [4.78, 5) is 0. The Balaban J connectivity index is 1.28. The fourth-order valence-electron chi connectivity index (χ4n) is 5.67. The Kier molecular flexibility index (Phi) is 11.0. The molecule has 174 valence electrons. The van der Waals surface area contributed by atoms with Crippen LogP contribution in [0.15, 0.2) is 35.9 Å². The second-order valence-electron chi connectivity index (χ2n) is 10.5. The molecule has 1 aromatic carbocycles. The molecule has 0 saturated heterocycles. The molecule has 1 aromatic rings. The molecule has 1 fully saturated rings. The molecule has 1 saturated carbocycles. The van der Waals surface area contributed by atoms with Gasteiger partial charge in [0, 0.05) is 0 Å². The van der Waals surface area contributed by atoms with Crippen molar-refractivity contribution < 1.29 is 4.74 Å². The van der Waals surface area contributed by atoms with Gasteiger partial charge in [0.15, 0.2) is 0 Å². The van der Waals surface area contributed by atoms with Crippen molar-refractivity contribution in [2.45, 2.75) is 117 Å². The highest BCUT2D eigenvalue weighted by molar-refractivity contribution is 5.28. The van der Waals surface area contributed by atoms with Crippen LogP contribution in [-0.2, 0) is 6.42 Å². The van der Waals surface area contributed by atoms with Crippen molar-refractivity contribution in [1.82, 2.24) is 0 Å². The summed E-state index contributed by atoms with van der Waals surface area (Å²) in [6.45, 7) is 5.29. The Hall–Kier alpha value is -1.24. The van der Waals surface area contributed by atoms with Gasteiger partial charge in [-0.25, -0.2) is 0 Å². The number of hydrogen-bond acceptors (Lipinski definition) is 1. The van der Waals surface area contributed by atoms with Gasteiger partial charge >= 0.3 is 0 Å². The third-order valence-electron chi connectivity index (χ3n) is 7.91. The number of aryl methyl sites for hydroxylation is 1. The molecule has 0 bridgehead atoms. The van der Waals surface area contributed by atoms with Gasteiger partial charge in [0.25, 0.3) is 0 Å². The maximum Gasteiger partial charge on any atom is 0.119 e. The summed E-state index contributed by atoms with van der Waals surface area (Å²) in [6.07, 6.45) is 25.0. The molecule has 0 N–H and O–H groups in total. The van der Waals surface area contributed by atoms with E-state index in [0.29, 0.717) is 0 Å². The topological polar surface area (TPSA) is 9.23 Å². The van der Waals surface area contributed by atoms with Gasteiger partial charge in [-0.05, 0) is 80.4 Å². The van der Waals surface area contributed by atoms with Gasteiger partial charge in [0.05, 0.1) is 6.61 Å². The predicted molar refractivity (Wildman–Crippen MR) is 135 cm³/mol. The second-order valence-corrected chi connectivity index (χ2v) is 10.5. The summed E-state index contributed by atoms with van der Waals surface area (Å²) in [5, 5.41) is 0. The normalized spacial score (nSPS) is 24.1. The van der Waals surface area contributed by atoms with Crippen molar-refractivity contribution in [3.8, 4) is 5.75 Å². The minimum atomic E-state index is 0.813. The zero-order chi connectivity index (χ0) is 21.7. The molecule has 2 aliphatic carbocycles. The van der Waals surface area contributed by atoms with Crippen LogP contribution in [0.4, 0.5) is 0 Å². The van der Waals surface area contributed by atoms with Crippen molar-refractivity contribution in [3.63, 3.8) is 0 Å². The van der Waals surface area contributed by atoms with Crippen LogP contribution in [0.1, 0.15) is 116 Å². The van der Waals surface area contributed by atoms with Crippen LogP contribution in [-0.4, -0.2) is 6.61 Å². The number of benzene rings is 1. The lowest BCUT2D eigenvalue weighted by Crippen LogP contribution is -2.16. The van der Waals surface area contributed by atoms with Crippen LogP contribution in [0.25, 0.3) is 0 Å². The van der Waals surface area contributed by atoms with E-state index in [4.69, 9.17) is 4.74 Å². The van der Waals surface area contributed by atoms with E-state index in [0.717, 1.165) is 36.5 Å². The van der Waals surface area contributed by atoms with Gasteiger partial charge in [0.1, 0.15) is 5.75 Å². The van der Waals surface area contributed by atoms with Gasteiger partial charge in [-0.1, -0.05) is 95.4 Å². The highest BCUT2D eigenvalue weighted by atomic mass is 16.5. The molecule has 0 amide bonds. The fourth-order valence-corrected chi connectivity index (χ4v) is 5.67. The van der Waals surface area contributed by atoms with Crippen LogP contribution in [0.2, 0.25) is 0 Å². The van der Waals surface area contributed by atoms with Crippen LogP contribution in [0, 0.1) is 17.8 Å². The van der Waals surface area contributed by atoms with Crippen LogP contribution >= 0.6 is 0 Å². The summed E-state index contributed by atoms with van der Waals surface area (Å²) in [5.41, 5.74) is 3.15. The van der Waals surface area contributed by atoms with Crippen LogP contribution < -0.4 is 4.74 Å². The minimum absolute atomic E-state index is 0.813. The van der Waals surface area contributed by atoms with E-state index in [-0.39, 0.29) is 0 Å². The molecule has 1 nitrogen and oxygen atoms in total. The summed E-state index contributed by atoms with van der Waals surface area (Å²) < 4.78 is 5.70. The Morgan fingerprint density at radius 2 is 1.45 bits per heavy atom. The maximum absolute atomic E-state index is 5.70. The minimum Gasteiger partial charge on any atom is -0.494 e. The van der Waals surface area contributed by atoms with E-state index in [1.807, 2.05) is 0 Å². The van der Waals surface area contributed by atoms with E-state index in [1.165, 1.54) is 102 Å². The highest BCUT2D eigenvalue weighted by Gasteiger charge is 2.22. The lowest BCUT2D eigenvalue weighted by Gasteiger charge is -2.30. The Labute approximate surface area is 193 Å². The summed E-state index contributed by atoms with van der Waals surface area (Å²) in [5.74, 6) is 4.07. The van der Waals surface area contributed by atoms with Gasteiger partial charge in [-0.15, -0.1) is 0 Å².